The maximum absolute atomic E-state index is 11.6. The minimum absolute atomic E-state index is 0.101. The molecule has 2 N–H and O–H groups in total. The van der Waals surface area contributed by atoms with Crippen molar-refractivity contribution in [2.45, 2.75) is 26.8 Å². The second-order valence-corrected chi connectivity index (χ2v) is 3.72. The quantitative estimate of drug-likeness (QED) is 0.728. The molecule has 0 spiro atoms. The number of aromatic amines is 1. The van der Waals surface area contributed by atoms with Gasteiger partial charge in [-0.05, 0) is 20.0 Å². The van der Waals surface area contributed by atoms with E-state index < -0.39 is 0 Å². The van der Waals surface area contributed by atoms with E-state index in [9.17, 15) is 4.79 Å². The lowest BCUT2D eigenvalue weighted by Crippen LogP contribution is -2.42. The van der Waals surface area contributed by atoms with Crippen molar-refractivity contribution < 1.29 is 4.79 Å². The number of nitrogens with zero attached hydrogens (tertiary/aromatic N) is 3. The zero-order valence-corrected chi connectivity index (χ0v) is 10.0. The fraction of sp³-hybridized carbons (Fsp3) is 0.700. The van der Waals surface area contributed by atoms with Crippen LogP contribution in [0.4, 0.5) is 0 Å². The number of rotatable bonds is 6. The summed E-state index contributed by atoms with van der Waals surface area (Å²) in [5.41, 5.74) is 0.325. The zero-order chi connectivity index (χ0) is 12.0. The van der Waals surface area contributed by atoms with Crippen LogP contribution >= 0.6 is 0 Å². The molecular weight excluding hydrogens is 206 g/mol. The maximum Gasteiger partial charge on any atom is 0.273 e. The number of likely N-dealkylation sites (N-methyl/N-ethyl adjacent to an activating group) is 1. The summed E-state index contributed by atoms with van der Waals surface area (Å²) < 4.78 is 0. The van der Waals surface area contributed by atoms with Crippen molar-refractivity contribution in [2.24, 2.45) is 0 Å². The minimum Gasteiger partial charge on any atom is -0.347 e. The lowest BCUT2D eigenvalue weighted by molar-refractivity contribution is 0.0925. The Morgan fingerprint density at radius 3 is 2.75 bits per heavy atom. The molecule has 1 rings (SSSR count). The number of carbonyl (C=O) groups is 1. The maximum atomic E-state index is 11.6. The summed E-state index contributed by atoms with van der Waals surface area (Å²) in [5.74, 6) is -0.187. The van der Waals surface area contributed by atoms with Crippen LogP contribution in [0, 0.1) is 0 Å². The predicted octanol–water partition coefficient (Wildman–Crippen LogP) is 0.265. The third kappa shape index (κ3) is 3.62. The van der Waals surface area contributed by atoms with Crippen LogP contribution in [0.1, 0.15) is 31.3 Å². The molecule has 6 nitrogen and oxygen atoms in total. The van der Waals surface area contributed by atoms with E-state index in [-0.39, 0.29) is 11.9 Å². The van der Waals surface area contributed by atoms with Crippen molar-refractivity contribution in [3.8, 4) is 0 Å². The molecule has 0 saturated carbocycles. The molecule has 6 heteroatoms. The molecule has 1 amide bonds. The van der Waals surface area contributed by atoms with Gasteiger partial charge in [-0.2, -0.15) is 15.4 Å². The molecule has 0 aliphatic rings. The first-order chi connectivity index (χ1) is 7.67. The van der Waals surface area contributed by atoms with Gasteiger partial charge in [0.05, 0.1) is 6.20 Å². The highest BCUT2D eigenvalue weighted by Gasteiger charge is 2.13. The lowest BCUT2D eigenvalue weighted by atomic mass is 10.3. The Morgan fingerprint density at radius 2 is 2.25 bits per heavy atom. The van der Waals surface area contributed by atoms with Gasteiger partial charge in [-0.25, -0.2) is 0 Å². The van der Waals surface area contributed by atoms with Crippen LogP contribution in [-0.2, 0) is 0 Å². The van der Waals surface area contributed by atoms with Crippen molar-refractivity contribution in [1.29, 1.82) is 0 Å². The summed E-state index contributed by atoms with van der Waals surface area (Å²) in [6.45, 7) is 9.01. The van der Waals surface area contributed by atoms with Gasteiger partial charge in [-0.1, -0.05) is 13.8 Å². The predicted molar refractivity (Wildman–Crippen MR) is 61.1 cm³/mol. The molecule has 0 aliphatic carbocycles. The van der Waals surface area contributed by atoms with E-state index in [1.54, 1.807) is 0 Å². The Balaban J connectivity index is 2.39. The van der Waals surface area contributed by atoms with Gasteiger partial charge in [0.2, 0.25) is 0 Å². The van der Waals surface area contributed by atoms with Gasteiger partial charge in [-0.3, -0.25) is 4.79 Å². The Labute approximate surface area is 95.4 Å². The summed E-state index contributed by atoms with van der Waals surface area (Å²) in [6.07, 6.45) is 1.42. The molecule has 1 unspecified atom stereocenters. The molecule has 1 atom stereocenters. The van der Waals surface area contributed by atoms with Crippen LogP contribution in [0.2, 0.25) is 0 Å². The van der Waals surface area contributed by atoms with Gasteiger partial charge in [0.15, 0.2) is 5.69 Å². The average molecular weight is 225 g/mol. The van der Waals surface area contributed by atoms with Crippen molar-refractivity contribution in [3.63, 3.8) is 0 Å². The highest BCUT2D eigenvalue weighted by atomic mass is 16.2. The van der Waals surface area contributed by atoms with E-state index in [0.29, 0.717) is 5.69 Å². The molecule has 0 fully saturated rings. The van der Waals surface area contributed by atoms with E-state index in [1.165, 1.54) is 6.20 Å². The number of nitrogens with one attached hydrogen (secondary N) is 2. The molecule has 0 radical (unpaired) electrons. The number of H-pyrrole nitrogens is 1. The number of hydrogen-bond acceptors (Lipinski definition) is 4. The summed E-state index contributed by atoms with van der Waals surface area (Å²) in [4.78, 5) is 13.9. The summed E-state index contributed by atoms with van der Waals surface area (Å²) in [6, 6.07) is 0.101. The molecule has 90 valence electrons. The van der Waals surface area contributed by atoms with E-state index in [0.717, 1.165) is 19.6 Å². The molecule has 0 aromatic carbocycles. The van der Waals surface area contributed by atoms with Crippen LogP contribution in [-0.4, -0.2) is 51.9 Å². The molecule has 0 saturated heterocycles. The van der Waals surface area contributed by atoms with Crippen molar-refractivity contribution >= 4 is 5.91 Å². The first kappa shape index (κ1) is 12.6. The highest BCUT2D eigenvalue weighted by molar-refractivity contribution is 5.91. The second-order valence-electron chi connectivity index (χ2n) is 3.72. The standard InChI is InChI=1S/C10H19N5O/c1-4-15(5-2)7-8(3)12-10(16)9-6-11-14-13-9/h6,8H,4-5,7H2,1-3H3,(H,12,16)(H,11,13,14). The third-order valence-electron chi connectivity index (χ3n) is 2.45. The first-order valence-electron chi connectivity index (χ1n) is 5.56. The molecule has 0 bridgehead atoms. The van der Waals surface area contributed by atoms with Gasteiger partial charge >= 0.3 is 0 Å². The van der Waals surface area contributed by atoms with E-state index >= 15 is 0 Å². The zero-order valence-electron chi connectivity index (χ0n) is 10.0. The fourth-order valence-electron chi connectivity index (χ4n) is 1.52. The largest absolute Gasteiger partial charge is 0.347 e. The van der Waals surface area contributed by atoms with Gasteiger partial charge in [-0.15, -0.1) is 0 Å². The molecule has 0 aliphatic heterocycles. The van der Waals surface area contributed by atoms with Crippen molar-refractivity contribution in [1.82, 2.24) is 25.6 Å². The fourth-order valence-corrected chi connectivity index (χ4v) is 1.52. The van der Waals surface area contributed by atoms with Crippen LogP contribution in [0.3, 0.4) is 0 Å². The normalized spacial score (nSPS) is 12.8. The number of carbonyl (C=O) groups excluding carboxylic acids is 1. The van der Waals surface area contributed by atoms with Crippen LogP contribution < -0.4 is 5.32 Å². The lowest BCUT2D eigenvalue weighted by Gasteiger charge is -2.22. The average Bonchev–Trinajstić information content (AvgIpc) is 2.79. The Morgan fingerprint density at radius 1 is 1.56 bits per heavy atom. The Hall–Kier alpha value is -1.43. The third-order valence-corrected chi connectivity index (χ3v) is 2.45. The smallest absolute Gasteiger partial charge is 0.273 e. The van der Waals surface area contributed by atoms with Gasteiger partial charge in [0, 0.05) is 12.6 Å². The van der Waals surface area contributed by atoms with Crippen LogP contribution in [0.5, 0.6) is 0 Å². The van der Waals surface area contributed by atoms with Crippen molar-refractivity contribution in [2.75, 3.05) is 19.6 Å². The summed E-state index contributed by atoms with van der Waals surface area (Å²) in [7, 11) is 0. The SMILES string of the molecule is CCN(CC)CC(C)NC(=O)c1cn[nH]n1. The monoisotopic (exact) mass is 225 g/mol. The number of amides is 1. The van der Waals surface area contributed by atoms with E-state index in [1.807, 2.05) is 6.92 Å². The molecular formula is C10H19N5O. The number of aromatic nitrogens is 3. The van der Waals surface area contributed by atoms with Crippen LogP contribution in [0.25, 0.3) is 0 Å². The van der Waals surface area contributed by atoms with Crippen molar-refractivity contribution in [3.05, 3.63) is 11.9 Å². The van der Waals surface area contributed by atoms with Crippen LogP contribution in [0.15, 0.2) is 6.20 Å². The van der Waals surface area contributed by atoms with E-state index in [4.69, 9.17) is 0 Å². The molecule has 1 aromatic rings. The summed E-state index contributed by atoms with van der Waals surface area (Å²) in [5, 5.41) is 12.6. The highest BCUT2D eigenvalue weighted by Crippen LogP contribution is 1.94. The number of hydrogen-bond donors (Lipinski definition) is 2. The Kier molecular flexibility index (Phi) is 4.91. The second kappa shape index (κ2) is 6.22. The van der Waals surface area contributed by atoms with Gasteiger partial charge < -0.3 is 10.2 Å². The summed E-state index contributed by atoms with van der Waals surface area (Å²) >= 11 is 0. The van der Waals surface area contributed by atoms with E-state index in [2.05, 4.69) is 39.5 Å². The topological polar surface area (TPSA) is 73.9 Å². The first-order valence-corrected chi connectivity index (χ1v) is 5.56. The Bertz CT molecular complexity index is 307. The van der Waals surface area contributed by atoms with Gasteiger partial charge in [0.25, 0.3) is 5.91 Å². The minimum atomic E-state index is -0.187. The molecule has 1 aromatic heterocycles. The molecule has 16 heavy (non-hydrogen) atoms. The van der Waals surface area contributed by atoms with Gasteiger partial charge in [0.1, 0.15) is 0 Å². The molecule has 1 heterocycles.